The van der Waals surface area contributed by atoms with Crippen LogP contribution in [0.15, 0.2) is 12.2 Å². The van der Waals surface area contributed by atoms with Gasteiger partial charge < -0.3 is 10.2 Å². The van der Waals surface area contributed by atoms with Crippen molar-refractivity contribution in [2.75, 3.05) is 27.7 Å². The highest BCUT2D eigenvalue weighted by Crippen LogP contribution is 1.97. The summed E-state index contributed by atoms with van der Waals surface area (Å²) in [5, 5.41) is 2.53. The molecular formula is C8H16N2O. The summed E-state index contributed by atoms with van der Waals surface area (Å²) >= 11 is 0. The summed E-state index contributed by atoms with van der Waals surface area (Å²) in [7, 11) is 5.55. The summed E-state index contributed by atoms with van der Waals surface area (Å²) in [6, 6.07) is 0. The Kier molecular flexibility index (Phi) is 4.54. The average Bonchev–Trinajstić information content (AvgIpc) is 1.98. The van der Waals surface area contributed by atoms with E-state index >= 15 is 0 Å². The maximum atomic E-state index is 10.9. The van der Waals surface area contributed by atoms with Gasteiger partial charge in [-0.3, -0.25) is 4.79 Å². The molecule has 0 atom stereocenters. The fourth-order valence-corrected chi connectivity index (χ4v) is 0.649. The van der Waals surface area contributed by atoms with E-state index in [4.69, 9.17) is 0 Å². The SMILES string of the molecule is C=C(CCN(C)C)C(=O)NC. The zero-order chi connectivity index (χ0) is 8.85. The number of hydrogen-bond acceptors (Lipinski definition) is 2. The lowest BCUT2D eigenvalue weighted by Gasteiger charge is -2.09. The summed E-state index contributed by atoms with van der Waals surface area (Å²) in [4.78, 5) is 12.9. The minimum Gasteiger partial charge on any atom is -0.355 e. The van der Waals surface area contributed by atoms with E-state index in [0.717, 1.165) is 13.0 Å². The maximum absolute atomic E-state index is 10.9. The van der Waals surface area contributed by atoms with Gasteiger partial charge in [0, 0.05) is 19.2 Å². The van der Waals surface area contributed by atoms with Gasteiger partial charge >= 0.3 is 0 Å². The van der Waals surface area contributed by atoms with E-state index < -0.39 is 0 Å². The third-order valence-corrected chi connectivity index (χ3v) is 1.41. The van der Waals surface area contributed by atoms with Crippen molar-refractivity contribution in [3.05, 3.63) is 12.2 Å². The first kappa shape index (κ1) is 10.2. The van der Waals surface area contributed by atoms with Gasteiger partial charge in [-0.25, -0.2) is 0 Å². The second-order valence-electron chi connectivity index (χ2n) is 2.74. The average molecular weight is 156 g/mol. The Morgan fingerprint density at radius 2 is 2.09 bits per heavy atom. The van der Waals surface area contributed by atoms with Crippen LogP contribution in [0.5, 0.6) is 0 Å². The molecule has 0 rings (SSSR count). The van der Waals surface area contributed by atoms with Crippen LogP contribution in [0.25, 0.3) is 0 Å². The molecule has 0 heterocycles. The molecule has 0 fully saturated rings. The van der Waals surface area contributed by atoms with E-state index in [0.29, 0.717) is 5.57 Å². The van der Waals surface area contributed by atoms with Crippen LogP contribution >= 0.6 is 0 Å². The molecule has 0 aliphatic carbocycles. The van der Waals surface area contributed by atoms with Crippen molar-refractivity contribution in [1.29, 1.82) is 0 Å². The monoisotopic (exact) mass is 156 g/mol. The van der Waals surface area contributed by atoms with Gasteiger partial charge in [-0.05, 0) is 20.5 Å². The van der Waals surface area contributed by atoms with Gasteiger partial charge in [0.1, 0.15) is 0 Å². The Balaban J connectivity index is 3.61. The van der Waals surface area contributed by atoms with Gasteiger partial charge in [-0.1, -0.05) is 6.58 Å². The predicted octanol–water partition coefficient (Wildman–Crippen LogP) is 0.240. The smallest absolute Gasteiger partial charge is 0.246 e. The highest BCUT2D eigenvalue weighted by Gasteiger charge is 2.03. The highest BCUT2D eigenvalue weighted by atomic mass is 16.1. The van der Waals surface area contributed by atoms with Gasteiger partial charge in [0.25, 0.3) is 0 Å². The maximum Gasteiger partial charge on any atom is 0.246 e. The number of likely N-dealkylation sites (N-methyl/N-ethyl adjacent to an activating group) is 1. The predicted molar refractivity (Wildman–Crippen MR) is 46.4 cm³/mol. The molecule has 0 bridgehead atoms. The number of carbonyl (C=O) groups excluding carboxylic acids is 1. The number of hydrogen-bond donors (Lipinski definition) is 1. The first-order chi connectivity index (χ1) is 5.07. The summed E-state index contributed by atoms with van der Waals surface area (Å²) in [6.45, 7) is 4.53. The van der Waals surface area contributed by atoms with E-state index in [1.54, 1.807) is 7.05 Å². The number of amides is 1. The summed E-state index contributed by atoms with van der Waals surface area (Å²) in [6.07, 6.45) is 0.729. The highest BCUT2D eigenvalue weighted by molar-refractivity contribution is 5.92. The van der Waals surface area contributed by atoms with E-state index in [-0.39, 0.29) is 5.91 Å². The van der Waals surface area contributed by atoms with Crippen LogP contribution in [0.1, 0.15) is 6.42 Å². The third-order valence-electron chi connectivity index (χ3n) is 1.41. The largest absolute Gasteiger partial charge is 0.355 e. The molecule has 0 aromatic heterocycles. The molecule has 0 saturated heterocycles. The lowest BCUT2D eigenvalue weighted by Crippen LogP contribution is -2.22. The third kappa shape index (κ3) is 4.56. The van der Waals surface area contributed by atoms with Crippen LogP contribution < -0.4 is 5.32 Å². The Hall–Kier alpha value is -0.830. The molecule has 0 unspecified atom stereocenters. The van der Waals surface area contributed by atoms with E-state index in [9.17, 15) is 4.79 Å². The van der Waals surface area contributed by atoms with Crippen molar-refractivity contribution in [1.82, 2.24) is 10.2 Å². The van der Waals surface area contributed by atoms with Crippen LogP contribution in [0.4, 0.5) is 0 Å². The van der Waals surface area contributed by atoms with Crippen molar-refractivity contribution in [2.24, 2.45) is 0 Å². The molecule has 0 aliphatic rings. The van der Waals surface area contributed by atoms with Crippen molar-refractivity contribution < 1.29 is 4.79 Å². The van der Waals surface area contributed by atoms with Crippen molar-refractivity contribution in [3.63, 3.8) is 0 Å². The second-order valence-corrected chi connectivity index (χ2v) is 2.74. The fourth-order valence-electron chi connectivity index (χ4n) is 0.649. The molecule has 0 aliphatic heterocycles. The minimum atomic E-state index is -0.0631. The molecule has 0 aromatic carbocycles. The molecule has 0 spiro atoms. The van der Waals surface area contributed by atoms with Gasteiger partial charge in [0.05, 0.1) is 0 Å². The zero-order valence-corrected chi connectivity index (χ0v) is 7.48. The van der Waals surface area contributed by atoms with E-state index in [2.05, 4.69) is 11.9 Å². The van der Waals surface area contributed by atoms with Crippen LogP contribution in [-0.2, 0) is 4.79 Å². The standard InChI is InChI=1S/C8H16N2O/c1-7(8(11)9-2)5-6-10(3)4/h1,5-6H2,2-4H3,(H,9,11). The molecule has 0 radical (unpaired) electrons. The zero-order valence-electron chi connectivity index (χ0n) is 7.48. The molecule has 11 heavy (non-hydrogen) atoms. The Morgan fingerprint density at radius 3 is 2.45 bits per heavy atom. The second kappa shape index (κ2) is 4.91. The summed E-state index contributed by atoms with van der Waals surface area (Å²) < 4.78 is 0. The molecule has 0 aromatic rings. The lowest BCUT2D eigenvalue weighted by atomic mass is 10.2. The number of nitrogens with one attached hydrogen (secondary N) is 1. The Labute approximate surface area is 68.1 Å². The molecule has 1 N–H and O–H groups in total. The number of carbonyl (C=O) groups is 1. The minimum absolute atomic E-state index is 0.0631. The van der Waals surface area contributed by atoms with E-state index in [1.807, 2.05) is 19.0 Å². The molecular weight excluding hydrogens is 140 g/mol. The van der Waals surface area contributed by atoms with Crippen LogP contribution in [0, 0.1) is 0 Å². The molecule has 3 nitrogen and oxygen atoms in total. The Bertz CT molecular complexity index is 152. The number of nitrogens with zero attached hydrogens (tertiary/aromatic N) is 1. The van der Waals surface area contributed by atoms with E-state index in [1.165, 1.54) is 0 Å². The summed E-state index contributed by atoms with van der Waals surface area (Å²) in [5.74, 6) is -0.0631. The lowest BCUT2D eigenvalue weighted by molar-refractivity contribution is -0.117. The first-order valence-corrected chi connectivity index (χ1v) is 3.62. The van der Waals surface area contributed by atoms with Crippen molar-refractivity contribution in [2.45, 2.75) is 6.42 Å². The van der Waals surface area contributed by atoms with Gasteiger partial charge in [0.15, 0.2) is 0 Å². The summed E-state index contributed by atoms with van der Waals surface area (Å²) in [5.41, 5.74) is 0.640. The normalized spacial score (nSPS) is 9.82. The van der Waals surface area contributed by atoms with Crippen molar-refractivity contribution >= 4 is 5.91 Å². The van der Waals surface area contributed by atoms with Crippen LogP contribution in [0.2, 0.25) is 0 Å². The van der Waals surface area contributed by atoms with Gasteiger partial charge in [0.2, 0.25) is 5.91 Å². The molecule has 0 saturated carbocycles. The van der Waals surface area contributed by atoms with Crippen LogP contribution in [-0.4, -0.2) is 38.5 Å². The van der Waals surface area contributed by atoms with Gasteiger partial charge in [-0.2, -0.15) is 0 Å². The Morgan fingerprint density at radius 1 is 1.55 bits per heavy atom. The molecule has 3 heteroatoms. The quantitative estimate of drug-likeness (QED) is 0.591. The number of rotatable bonds is 4. The topological polar surface area (TPSA) is 32.3 Å². The molecule has 64 valence electrons. The fraction of sp³-hybridized carbons (Fsp3) is 0.625. The van der Waals surface area contributed by atoms with Gasteiger partial charge in [-0.15, -0.1) is 0 Å². The first-order valence-electron chi connectivity index (χ1n) is 3.62. The molecule has 1 amide bonds. The van der Waals surface area contributed by atoms with Crippen molar-refractivity contribution in [3.8, 4) is 0 Å². The van der Waals surface area contributed by atoms with Crippen LogP contribution in [0.3, 0.4) is 0 Å².